The van der Waals surface area contributed by atoms with Crippen LogP contribution in [0.2, 0.25) is 0 Å². The van der Waals surface area contributed by atoms with Crippen molar-refractivity contribution in [1.29, 1.82) is 0 Å². The number of carbonyl (C=O) groups is 1. The third-order valence-electron chi connectivity index (χ3n) is 2.95. The Morgan fingerprint density at radius 3 is 2.89 bits per heavy atom. The molecule has 2 aromatic rings. The van der Waals surface area contributed by atoms with Gasteiger partial charge in [0.25, 0.3) is 0 Å². The van der Waals surface area contributed by atoms with Gasteiger partial charge in [0.2, 0.25) is 0 Å². The molecular weight excluding hydrogens is 250 g/mol. The lowest BCUT2D eigenvalue weighted by Gasteiger charge is -2.15. The Balaban J connectivity index is 2.40. The van der Waals surface area contributed by atoms with E-state index in [-0.39, 0.29) is 0 Å². The summed E-state index contributed by atoms with van der Waals surface area (Å²) in [5, 5.41) is 11.8. The number of nitrogens with zero attached hydrogens (tertiary/aromatic N) is 3. The molecule has 0 atom stereocenters. The number of aryl methyl sites for hydroxylation is 1. The van der Waals surface area contributed by atoms with E-state index in [0.717, 1.165) is 17.2 Å². The van der Waals surface area contributed by atoms with Crippen LogP contribution in [0.3, 0.4) is 0 Å². The summed E-state index contributed by atoms with van der Waals surface area (Å²) in [6.07, 6.45) is 3.50. The lowest BCUT2D eigenvalue weighted by molar-refractivity contribution is -0.142. The monoisotopic (exact) mass is 265 g/mol. The van der Waals surface area contributed by atoms with E-state index in [1.54, 1.807) is 31.8 Å². The number of carboxylic acids is 1. The van der Waals surface area contributed by atoms with Crippen molar-refractivity contribution < 1.29 is 9.90 Å². The van der Waals surface area contributed by atoms with Crippen molar-refractivity contribution in [3.05, 3.63) is 23.6 Å². The molecule has 0 radical (unpaired) electrons. The van der Waals surface area contributed by atoms with E-state index in [2.05, 4.69) is 9.97 Å². The molecule has 0 unspecified atom stereocenters. The topological polar surface area (TPSA) is 68.0 Å². The molecule has 0 aliphatic heterocycles. The quantitative estimate of drug-likeness (QED) is 0.921. The number of aromatic nitrogens is 3. The summed E-state index contributed by atoms with van der Waals surface area (Å²) in [6, 6.07) is 0. The fourth-order valence-corrected chi connectivity index (χ4v) is 2.55. The summed E-state index contributed by atoms with van der Waals surface area (Å²) >= 11 is 1.45. The van der Waals surface area contributed by atoms with Crippen LogP contribution in [-0.4, -0.2) is 25.6 Å². The Kier molecular flexibility index (Phi) is 3.21. The average Bonchev–Trinajstić information content (AvgIpc) is 2.97. The summed E-state index contributed by atoms with van der Waals surface area (Å²) < 4.78 is 1.98. The molecule has 0 aromatic carbocycles. The van der Waals surface area contributed by atoms with E-state index in [4.69, 9.17) is 0 Å². The maximum absolute atomic E-state index is 11.2. The van der Waals surface area contributed by atoms with Gasteiger partial charge in [0.05, 0.1) is 23.9 Å². The van der Waals surface area contributed by atoms with Crippen molar-refractivity contribution in [3.63, 3.8) is 0 Å². The minimum absolute atomic E-state index is 0.582. The molecular formula is C12H15N3O2S. The average molecular weight is 265 g/mol. The first-order valence-corrected chi connectivity index (χ1v) is 6.54. The van der Waals surface area contributed by atoms with E-state index in [1.165, 1.54) is 11.3 Å². The highest BCUT2D eigenvalue weighted by atomic mass is 32.1. The largest absolute Gasteiger partial charge is 0.481 e. The van der Waals surface area contributed by atoms with Gasteiger partial charge in [-0.2, -0.15) is 0 Å². The molecule has 0 fully saturated rings. The number of imidazole rings is 1. The SMILES string of the molecule is CCn1cncc1-c1nc(C(C)(C)C(=O)O)cs1. The third kappa shape index (κ3) is 2.03. The normalized spacial score (nSPS) is 11.7. The van der Waals surface area contributed by atoms with Crippen molar-refractivity contribution in [2.24, 2.45) is 0 Å². The zero-order valence-corrected chi connectivity index (χ0v) is 11.4. The fraction of sp³-hybridized carbons (Fsp3) is 0.417. The Morgan fingerprint density at radius 2 is 2.28 bits per heavy atom. The first-order chi connectivity index (χ1) is 8.46. The molecule has 0 aliphatic carbocycles. The Hall–Kier alpha value is -1.69. The van der Waals surface area contributed by atoms with E-state index in [1.807, 2.05) is 11.5 Å². The first-order valence-electron chi connectivity index (χ1n) is 5.66. The number of carboxylic acid groups (broad SMARTS) is 1. The van der Waals surface area contributed by atoms with E-state index in [9.17, 15) is 9.90 Å². The summed E-state index contributed by atoms with van der Waals surface area (Å²) in [5.41, 5.74) is 0.542. The van der Waals surface area contributed by atoms with Gasteiger partial charge in [-0.15, -0.1) is 11.3 Å². The lowest BCUT2D eigenvalue weighted by Crippen LogP contribution is -2.28. The highest BCUT2D eigenvalue weighted by Crippen LogP contribution is 2.30. The number of aliphatic carboxylic acids is 1. The summed E-state index contributed by atoms with van der Waals surface area (Å²) in [5.74, 6) is -0.872. The number of hydrogen-bond donors (Lipinski definition) is 1. The molecule has 96 valence electrons. The smallest absolute Gasteiger partial charge is 0.315 e. The highest BCUT2D eigenvalue weighted by molar-refractivity contribution is 7.13. The number of hydrogen-bond acceptors (Lipinski definition) is 4. The molecule has 18 heavy (non-hydrogen) atoms. The molecule has 0 saturated heterocycles. The predicted octanol–water partition coefficient (Wildman–Crippen LogP) is 2.39. The van der Waals surface area contributed by atoms with Gasteiger partial charge in [-0.1, -0.05) is 0 Å². The van der Waals surface area contributed by atoms with Gasteiger partial charge in [0.1, 0.15) is 10.4 Å². The van der Waals surface area contributed by atoms with Gasteiger partial charge in [-0.25, -0.2) is 9.97 Å². The van der Waals surface area contributed by atoms with Crippen molar-refractivity contribution in [2.45, 2.75) is 32.7 Å². The van der Waals surface area contributed by atoms with Gasteiger partial charge in [-0.3, -0.25) is 4.79 Å². The molecule has 2 rings (SSSR count). The minimum atomic E-state index is -0.966. The van der Waals surface area contributed by atoms with Gasteiger partial charge < -0.3 is 9.67 Å². The van der Waals surface area contributed by atoms with Crippen LogP contribution in [0, 0.1) is 0 Å². The zero-order chi connectivity index (χ0) is 13.3. The Labute approximate surface area is 109 Å². The molecule has 0 spiro atoms. The van der Waals surface area contributed by atoms with Gasteiger partial charge in [-0.05, 0) is 20.8 Å². The van der Waals surface area contributed by atoms with Gasteiger partial charge in [0.15, 0.2) is 0 Å². The van der Waals surface area contributed by atoms with Crippen LogP contribution in [-0.2, 0) is 16.8 Å². The lowest BCUT2D eigenvalue weighted by atomic mass is 9.90. The first kappa shape index (κ1) is 12.8. The summed E-state index contributed by atoms with van der Waals surface area (Å²) in [4.78, 5) is 19.7. The second-order valence-electron chi connectivity index (χ2n) is 4.53. The molecule has 0 amide bonds. The molecule has 6 heteroatoms. The molecule has 5 nitrogen and oxygen atoms in total. The van der Waals surface area contributed by atoms with E-state index >= 15 is 0 Å². The van der Waals surface area contributed by atoms with Crippen LogP contribution in [0.5, 0.6) is 0 Å². The third-order valence-corrected chi connectivity index (χ3v) is 3.82. The fourth-order valence-electron chi connectivity index (χ4n) is 1.54. The van der Waals surface area contributed by atoms with Crippen LogP contribution < -0.4 is 0 Å². The number of rotatable bonds is 4. The molecule has 1 N–H and O–H groups in total. The van der Waals surface area contributed by atoms with E-state index < -0.39 is 11.4 Å². The van der Waals surface area contributed by atoms with Gasteiger partial charge >= 0.3 is 5.97 Å². The second-order valence-corrected chi connectivity index (χ2v) is 5.39. The molecule has 0 aliphatic rings. The van der Waals surface area contributed by atoms with E-state index in [0.29, 0.717) is 5.69 Å². The van der Waals surface area contributed by atoms with Crippen molar-refractivity contribution >= 4 is 17.3 Å². The summed E-state index contributed by atoms with van der Waals surface area (Å²) in [7, 11) is 0. The van der Waals surface area contributed by atoms with Gasteiger partial charge in [0, 0.05) is 11.9 Å². The molecule has 0 saturated carbocycles. The zero-order valence-electron chi connectivity index (χ0n) is 10.5. The Bertz CT molecular complexity index is 571. The minimum Gasteiger partial charge on any atom is -0.481 e. The maximum atomic E-state index is 11.2. The number of thiazole rings is 1. The van der Waals surface area contributed by atoms with Crippen molar-refractivity contribution in [1.82, 2.24) is 14.5 Å². The second kappa shape index (κ2) is 4.53. The maximum Gasteiger partial charge on any atom is 0.315 e. The predicted molar refractivity (Wildman–Crippen MR) is 69.7 cm³/mol. The molecule has 2 aromatic heterocycles. The van der Waals surface area contributed by atoms with Crippen LogP contribution in [0.4, 0.5) is 0 Å². The van der Waals surface area contributed by atoms with Crippen LogP contribution in [0.1, 0.15) is 26.5 Å². The highest BCUT2D eigenvalue weighted by Gasteiger charge is 2.32. The molecule has 0 bridgehead atoms. The summed E-state index contributed by atoms with van der Waals surface area (Å²) in [6.45, 7) is 6.16. The van der Waals surface area contributed by atoms with Crippen molar-refractivity contribution in [2.75, 3.05) is 0 Å². The Morgan fingerprint density at radius 1 is 1.56 bits per heavy atom. The standard InChI is InChI=1S/C12H15N3O2S/c1-4-15-7-13-5-8(15)10-14-9(6-18-10)12(2,3)11(16)17/h5-7H,4H2,1-3H3,(H,16,17). The van der Waals surface area contributed by atoms with Crippen molar-refractivity contribution in [3.8, 4) is 10.7 Å². The van der Waals surface area contributed by atoms with Crippen LogP contribution >= 0.6 is 11.3 Å². The van der Waals surface area contributed by atoms with Crippen LogP contribution in [0.25, 0.3) is 10.7 Å². The van der Waals surface area contributed by atoms with Crippen LogP contribution in [0.15, 0.2) is 17.9 Å². The molecule has 2 heterocycles.